The molecule has 0 bridgehead atoms. The summed E-state index contributed by atoms with van der Waals surface area (Å²) in [6.45, 7) is 29.1. The van der Waals surface area contributed by atoms with E-state index in [0.717, 1.165) is 47.7 Å². The Balaban J connectivity index is 0.000000231. The van der Waals surface area contributed by atoms with Crippen LogP contribution in [0.1, 0.15) is 102 Å². The van der Waals surface area contributed by atoms with Gasteiger partial charge < -0.3 is 151 Å². The zero-order chi connectivity index (χ0) is 93.6. The predicted octanol–water partition coefficient (Wildman–Crippen LogP) is 13.2. The molecular formula is C86H125N35O7. The normalized spacial score (nSPS) is 10.4. The van der Waals surface area contributed by atoms with Gasteiger partial charge in [-0.15, -0.1) is 0 Å². The molecule has 0 unspecified atom stereocenters. The third-order valence-corrected chi connectivity index (χ3v) is 16.3. The van der Waals surface area contributed by atoms with Gasteiger partial charge in [-0.05, 0) is 124 Å². The first kappa shape index (κ1) is 101. The molecule has 12 rings (SSSR count). The molecule has 128 heavy (non-hydrogen) atoms. The number of hydrogen-bond donors (Lipinski definition) is 21. The zero-order valence-corrected chi connectivity index (χ0v) is 74.7. The van der Waals surface area contributed by atoms with E-state index in [4.69, 9.17) is 113 Å². The number of rotatable bonds is 34. The molecule has 686 valence electrons. The highest BCUT2D eigenvalue weighted by atomic mass is 16.5. The van der Waals surface area contributed by atoms with E-state index in [9.17, 15) is 0 Å². The topological polar surface area (TPSA) is 694 Å². The maximum Gasteiger partial charge on any atom is 0.244 e. The van der Waals surface area contributed by atoms with Gasteiger partial charge in [0.1, 0.15) is 39.8 Å². The molecule has 0 radical (unpaired) electrons. The lowest BCUT2D eigenvalue weighted by Gasteiger charge is -2.14. The molecule has 35 N–H and O–H groups in total. The van der Waals surface area contributed by atoms with Gasteiger partial charge in [0, 0.05) is 41.5 Å². The molecule has 0 fully saturated rings. The van der Waals surface area contributed by atoms with Crippen molar-refractivity contribution in [2.24, 2.45) is 23.7 Å². The summed E-state index contributed by atoms with van der Waals surface area (Å²) < 4.78 is 37.9. The minimum Gasteiger partial charge on any atom is -0.479 e. The van der Waals surface area contributed by atoms with Crippen LogP contribution in [-0.2, 0) is 0 Å². The average Bonchev–Trinajstić information content (AvgIpc) is 0.881. The van der Waals surface area contributed by atoms with Crippen LogP contribution in [0, 0.1) is 23.7 Å². The highest BCUT2D eigenvalue weighted by molar-refractivity contribution is 5.78. The number of para-hydroxylation sites is 5. The van der Waals surface area contributed by atoms with Gasteiger partial charge in [-0.25, -0.2) is 0 Å². The number of nitrogen functional groups attached to an aromatic ring is 14. The van der Waals surface area contributed by atoms with Crippen LogP contribution in [0.25, 0.3) is 0 Å². The molecule has 0 aliphatic rings. The van der Waals surface area contributed by atoms with E-state index in [1.807, 2.05) is 207 Å². The lowest BCUT2D eigenvalue weighted by molar-refractivity contribution is 0.263. The van der Waals surface area contributed by atoms with Crippen molar-refractivity contribution in [1.29, 1.82) is 0 Å². The van der Waals surface area contributed by atoms with Crippen LogP contribution >= 0.6 is 0 Å². The van der Waals surface area contributed by atoms with Crippen molar-refractivity contribution in [3.05, 3.63) is 152 Å². The first-order valence-electron chi connectivity index (χ1n) is 41.2. The van der Waals surface area contributed by atoms with Crippen LogP contribution in [0.4, 0.5) is 151 Å². The number of aromatic nitrogens is 14. The highest BCUT2D eigenvalue weighted by Crippen LogP contribution is 2.36. The summed E-state index contributed by atoms with van der Waals surface area (Å²) in [5.74, 6) is 8.28. The molecule has 0 aliphatic heterocycles. The van der Waals surface area contributed by atoms with E-state index >= 15 is 0 Å². The van der Waals surface area contributed by atoms with E-state index < -0.39 is 0 Å². The molecule has 7 heterocycles. The maximum atomic E-state index is 6.05. The zero-order valence-electron chi connectivity index (χ0n) is 74.7. The van der Waals surface area contributed by atoms with Crippen LogP contribution in [0.5, 0.6) is 41.2 Å². The van der Waals surface area contributed by atoms with Crippen LogP contribution in [0.3, 0.4) is 0 Å². The largest absolute Gasteiger partial charge is 0.479 e. The summed E-state index contributed by atoms with van der Waals surface area (Å²) >= 11 is 0. The van der Waals surface area contributed by atoms with Crippen molar-refractivity contribution < 1.29 is 33.2 Å². The Morgan fingerprint density at radius 1 is 0.250 bits per heavy atom. The number of nitrogens with one attached hydrogen (secondary N) is 7. The third kappa shape index (κ3) is 35.1. The van der Waals surface area contributed by atoms with Crippen molar-refractivity contribution >= 4 is 151 Å². The fraction of sp³-hybridized carbons (Fsp3) is 0.326. The van der Waals surface area contributed by atoms with Crippen molar-refractivity contribution in [3.8, 4) is 41.2 Å². The molecule has 0 saturated carbocycles. The SMILES string of the molecule is CC(C)CCOc1nc(N)nc(Nc2ccccc2)c1N.CC(C)COc1nc(N)nc(Nc2ccccc2)c1N.CCCOc1nc(N)nc(Nc2ccccc2)c1N.CCNc1nc(N)nc(OCC(C)C)c1N.CCNc1nc(N)nc(OCCC(C)C)c1N.CCOc1nc(N)nc(Nc2ccccc2)c1N.COc1nc(N)nc(Nc2ccccc2)c1N. The van der Waals surface area contributed by atoms with Gasteiger partial charge in [-0.1, -0.05) is 153 Å². The fourth-order valence-electron chi connectivity index (χ4n) is 10.1. The molecule has 0 atom stereocenters. The van der Waals surface area contributed by atoms with Gasteiger partial charge in [-0.3, -0.25) is 0 Å². The Morgan fingerprint density at radius 2 is 0.461 bits per heavy atom. The minimum absolute atomic E-state index is 0.106. The quantitative estimate of drug-likeness (QED) is 0.0178. The Labute approximate surface area is 746 Å². The standard InChI is InChI=1S/C15H21N5O.C14H19N5O.C13H17N5O.C12H15N5O.C11H13N5O.C11H21N5O.C10H19N5O/c1-10(2)8-9-21-14-12(16)13(19-15(17)20-14)18-11-6-4-3-5-7-11;1-9(2)8-20-13-11(15)12(18-14(16)19-13)17-10-6-4-3-5-7-10;1-2-8-19-12-10(14)11(17-13(15)18-12)16-9-6-4-3-5-7-9;1-2-18-11-9(13)10(16-12(14)17-11)15-8-6-4-3-5-7-8;1-17-10-8(12)9(15-11(13)16-10)14-7-5-3-2-4-6-7;1-4-14-9-8(12)10(16-11(13)15-9)17-6-5-7(2)3;1-4-13-8-7(11)9(15-10(12)14-8)16-5-6(2)3/h3-7,10H,8-9,16H2,1-2H3,(H3,17,18,19,20);3-7,9H,8,15H2,1-2H3,(H3,16,17,18,19);3-7H,2,8,14H2,1H3,(H3,15,16,17,18);3-7H,2,13H2,1H3,(H3,14,15,16,17);2-6H,12H2,1H3,(H3,13,14,15,16);7H,4-6,12H2,1-3H3,(H3,13,14,15,16);6H,4-5,11H2,1-3H3,(H3,12,13,14,15). The summed E-state index contributed by atoms with van der Waals surface area (Å²) in [5, 5.41) is 21.5. The number of nitrogens with zero attached hydrogens (tertiary/aromatic N) is 14. The van der Waals surface area contributed by atoms with Crippen molar-refractivity contribution in [2.75, 3.05) is 177 Å². The van der Waals surface area contributed by atoms with Crippen LogP contribution in [0.15, 0.2) is 152 Å². The van der Waals surface area contributed by atoms with Gasteiger partial charge >= 0.3 is 0 Å². The predicted molar refractivity (Wildman–Crippen MR) is 517 cm³/mol. The van der Waals surface area contributed by atoms with Gasteiger partial charge in [0.05, 0.1) is 46.8 Å². The minimum atomic E-state index is 0.106. The van der Waals surface area contributed by atoms with Crippen LogP contribution in [0.2, 0.25) is 0 Å². The molecule has 42 heteroatoms. The number of benzene rings is 5. The Bertz CT molecular complexity index is 5280. The highest BCUT2D eigenvalue weighted by Gasteiger charge is 2.20. The molecule has 0 aliphatic carbocycles. The summed E-state index contributed by atoms with van der Waals surface area (Å²) in [7, 11) is 1.48. The monoisotopic (exact) mass is 1760 g/mol. The Kier molecular flexibility index (Phi) is 41.9. The fourth-order valence-corrected chi connectivity index (χ4v) is 10.1. The lowest BCUT2D eigenvalue weighted by Crippen LogP contribution is -2.12. The van der Waals surface area contributed by atoms with Crippen molar-refractivity contribution in [3.63, 3.8) is 0 Å². The summed E-state index contributed by atoms with van der Waals surface area (Å²) in [4.78, 5) is 56.3. The lowest BCUT2D eigenvalue weighted by atomic mass is 10.1. The van der Waals surface area contributed by atoms with E-state index in [1.54, 1.807) is 0 Å². The number of ether oxygens (including phenoxy) is 7. The molecule has 5 aromatic carbocycles. The number of methoxy groups -OCH3 is 1. The Morgan fingerprint density at radius 3 is 0.680 bits per heavy atom. The summed E-state index contributed by atoms with van der Waals surface area (Å²) in [6, 6.07) is 47.8. The molecule has 0 saturated heterocycles. The molecule has 0 amide bonds. The van der Waals surface area contributed by atoms with Crippen molar-refractivity contribution in [1.82, 2.24) is 69.8 Å². The number of nitrogens with two attached hydrogens (primary N) is 14. The molecule has 7 aromatic heterocycles. The average molecular weight is 1760 g/mol. The number of anilines is 26. The van der Waals surface area contributed by atoms with Gasteiger partial charge in [0.25, 0.3) is 0 Å². The van der Waals surface area contributed by atoms with E-state index in [-0.39, 0.29) is 47.5 Å². The second-order valence-corrected chi connectivity index (χ2v) is 29.0. The van der Waals surface area contributed by atoms with E-state index in [1.165, 1.54) is 7.11 Å². The molecular weight excluding hydrogens is 1640 g/mol. The molecule has 0 spiro atoms. The van der Waals surface area contributed by atoms with Gasteiger partial charge in [0.15, 0.2) is 40.7 Å². The number of hydrogen-bond acceptors (Lipinski definition) is 42. The van der Waals surface area contributed by atoms with Crippen LogP contribution < -0.4 is 151 Å². The second-order valence-electron chi connectivity index (χ2n) is 29.0. The van der Waals surface area contributed by atoms with Gasteiger partial charge in [-0.2, -0.15) is 69.8 Å². The first-order chi connectivity index (χ1) is 61.3. The third-order valence-electron chi connectivity index (χ3n) is 16.3. The van der Waals surface area contributed by atoms with E-state index in [0.29, 0.717) is 192 Å². The molecule has 42 nitrogen and oxygen atoms in total. The smallest absolute Gasteiger partial charge is 0.244 e. The second kappa shape index (κ2) is 53.2. The Hall–Kier alpha value is -15.9. The van der Waals surface area contributed by atoms with Crippen LogP contribution in [-0.4, -0.2) is 130 Å². The maximum absolute atomic E-state index is 6.05. The van der Waals surface area contributed by atoms with Crippen molar-refractivity contribution in [2.45, 2.75) is 102 Å². The summed E-state index contributed by atoms with van der Waals surface area (Å²) in [6.07, 6.45) is 2.73. The molecule has 12 aromatic rings. The first-order valence-corrected chi connectivity index (χ1v) is 41.2. The van der Waals surface area contributed by atoms with Gasteiger partial charge in [0.2, 0.25) is 82.8 Å². The summed E-state index contributed by atoms with van der Waals surface area (Å²) in [5.41, 5.74) is 87.8. The van der Waals surface area contributed by atoms with E-state index in [2.05, 4.69) is 135 Å².